The van der Waals surface area contributed by atoms with Gasteiger partial charge in [0, 0.05) is 23.1 Å². The van der Waals surface area contributed by atoms with E-state index in [-0.39, 0.29) is 11.9 Å². The molecule has 6 heteroatoms. The third-order valence-electron chi connectivity index (χ3n) is 3.10. The van der Waals surface area contributed by atoms with Gasteiger partial charge in [-0.1, -0.05) is 5.16 Å². The van der Waals surface area contributed by atoms with E-state index in [9.17, 15) is 4.79 Å². The van der Waals surface area contributed by atoms with Crippen molar-refractivity contribution >= 4 is 17.2 Å². The van der Waals surface area contributed by atoms with Crippen molar-refractivity contribution in [1.29, 1.82) is 0 Å². The smallest absolute Gasteiger partial charge is 0.274 e. The van der Waals surface area contributed by atoms with Crippen LogP contribution in [0.5, 0.6) is 0 Å². The number of amides is 1. The molecule has 100 valence electrons. The van der Waals surface area contributed by atoms with Crippen LogP contribution < -0.4 is 5.32 Å². The Bertz CT molecular complexity index is 601. The number of thiazole rings is 1. The minimum Gasteiger partial charge on any atom is -0.360 e. The van der Waals surface area contributed by atoms with Gasteiger partial charge in [0.2, 0.25) is 0 Å². The van der Waals surface area contributed by atoms with E-state index in [1.165, 1.54) is 0 Å². The Balaban J connectivity index is 1.66. The lowest BCUT2D eigenvalue weighted by molar-refractivity contribution is 0.0930. The van der Waals surface area contributed by atoms with Crippen LogP contribution in [0.15, 0.2) is 16.8 Å². The third kappa shape index (κ3) is 2.68. The second kappa shape index (κ2) is 4.77. The van der Waals surface area contributed by atoms with Gasteiger partial charge in [0.05, 0.1) is 6.04 Å². The van der Waals surface area contributed by atoms with E-state index in [4.69, 9.17) is 4.52 Å². The standard InChI is InChI=1S/C13H15N3O2S/c1-7-6-14-13(19-7)8(2)15-12(17)10-5-11(18-16-10)9-3-4-9/h5-6,8-9H,3-4H2,1-2H3,(H,15,17)/t8-/m1/s1. The Kier molecular flexibility index (Phi) is 3.10. The molecule has 1 N–H and O–H groups in total. The van der Waals surface area contributed by atoms with E-state index in [2.05, 4.69) is 15.5 Å². The highest BCUT2D eigenvalue weighted by molar-refractivity contribution is 7.11. The van der Waals surface area contributed by atoms with Crippen molar-refractivity contribution in [3.63, 3.8) is 0 Å². The first kappa shape index (κ1) is 12.3. The summed E-state index contributed by atoms with van der Waals surface area (Å²) >= 11 is 1.58. The van der Waals surface area contributed by atoms with Crippen LogP contribution in [-0.4, -0.2) is 16.0 Å². The predicted octanol–water partition coefficient (Wildman–Crippen LogP) is 2.81. The molecule has 2 aromatic heterocycles. The molecule has 0 aromatic carbocycles. The van der Waals surface area contributed by atoms with Crippen molar-refractivity contribution in [2.45, 2.75) is 38.6 Å². The van der Waals surface area contributed by atoms with Crippen molar-refractivity contribution in [3.8, 4) is 0 Å². The molecular weight excluding hydrogens is 262 g/mol. The highest BCUT2D eigenvalue weighted by Gasteiger charge is 2.29. The molecular formula is C13H15N3O2S. The summed E-state index contributed by atoms with van der Waals surface area (Å²) in [4.78, 5) is 17.4. The summed E-state index contributed by atoms with van der Waals surface area (Å²) in [5.74, 6) is 1.08. The minimum absolute atomic E-state index is 0.118. The predicted molar refractivity (Wildman–Crippen MR) is 71.2 cm³/mol. The van der Waals surface area contributed by atoms with Crippen molar-refractivity contribution in [2.75, 3.05) is 0 Å². The Morgan fingerprint density at radius 3 is 3.00 bits per heavy atom. The molecule has 1 amide bonds. The Morgan fingerprint density at radius 2 is 2.37 bits per heavy atom. The van der Waals surface area contributed by atoms with Crippen molar-refractivity contribution in [3.05, 3.63) is 33.6 Å². The van der Waals surface area contributed by atoms with Gasteiger partial charge in [0.25, 0.3) is 5.91 Å². The van der Waals surface area contributed by atoms with Gasteiger partial charge in [0.1, 0.15) is 10.8 Å². The lowest BCUT2D eigenvalue weighted by Gasteiger charge is -2.09. The quantitative estimate of drug-likeness (QED) is 0.933. The number of aryl methyl sites for hydroxylation is 1. The normalized spacial score (nSPS) is 16.3. The molecule has 0 bridgehead atoms. The molecule has 1 saturated carbocycles. The molecule has 19 heavy (non-hydrogen) atoms. The molecule has 5 nitrogen and oxygen atoms in total. The first-order valence-corrected chi connectivity index (χ1v) is 7.15. The first-order chi connectivity index (χ1) is 9.13. The minimum atomic E-state index is -0.212. The highest BCUT2D eigenvalue weighted by Crippen LogP contribution is 2.40. The zero-order valence-corrected chi connectivity index (χ0v) is 11.7. The topological polar surface area (TPSA) is 68.0 Å². The summed E-state index contributed by atoms with van der Waals surface area (Å²) in [6.07, 6.45) is 4.07. The number of carbonyl (C=O) groups is 1. The fourth-order valence-electron chi connectivity index (χ4n) is 1.86. The van der Waals surface area contributed by atoms with Crippen molar-refractivity contribution in [1.82, 2.24) is 15.5 Å². The van der Waals surface area contributed by atoms with Crippen molar-refractivity contribution in [2.24, 2.45) is 0 Å². The number of hydrogen-bond donors (Lipinski definition) is 1. The van der Waals surface area contributed by atoms with Gasteiger partial charge in [-0.05, 0) is 26.7 Å². The van der Waals surface area contributed by atoms with Gasteiger partial charge in [-0.2, -0.15) is 0 Å². The maximum atomic E-state index is 12.0. The number of carbonyl (C=O) groups excluding carboxylic acids is 1. The number of nitrogens with zero attached hydrogens (tertiary/aromatic N) is 2. The summed E-state index contributed by atoms with van der Waals surface area (Å²) in [6.45, 7) is 3.91. The van der Waals surface area contributed by atoms with E-state index in [0.29, 0.717) is 11.6 Å². The zero-order valence-electron chi connectivity index (χ0n) is 10.8. The van der Waals surface area contributed by atoms with Crippen LogP contribution in [0.2, 0.25) is 0 Å². The fraction of sp³-hybridized carbons (Fsp3) is 0.462. The molecule has 0 spiro atoms. The lowest BCUT2D eigenvalue weighted by Crippen LogP contribution is -2.26. The molecule has 2 heterocycles. The number of rotatable bonds is 4. The zero-order chi connectivity index (χ0) is 13.4. The first-order valence-electron chi connectivity index (χ1n) is 6.33. The van der Waals surface area contributed by atoms with Gasteiger partial charge in [-0.25, -0.2) is 4.98 Å². The van der Waals surface area contributed by atoms with E-state index < -0.39 is 0 Å². The van der Waals surface area contributed by atoms with E-state index in [1.807, 2.05) is 20.0 Å². The van der Waals surface area contributed by atoms with Crippen molar-refractivity contribution < 1.29 is 9.32 Å². The van der Waals surface area contributed by atoms with E-state index in [0.717, 1.165) is 28.5 Å². The molecule has 0 radical (unpaired) electrons. The molecule has 0 saturated heterocycles. The van der Waals surface area contributed by atoms with Crippen LogP contribution >= 0.6 is 11.3 Å². The number of hydrogen-bond acceptors (Lipinski definition) is 5. The summed E-state index contributed by atoms with van der Waals surface area (Å²) in [6, 6.07) is 1.62. The van der Waals surface area contributed by atoms with Crippen LogP contribution in [-0.2, 0) is 0 Å². The Hall–Kier alpha value is -1.69. The summed E-state index contributed by atoms with van der Waals surface area (Å²) in [5.41, 5.74) is 0.349. The molecule has 1 fully saturated rings. The SMILES string of the molecule is Cc1cnc([C@@H](C)NC(=O)c2cc(C3CC3)on2)s1. The van der Waals surface area contributed by atoms with Crippen LogP contribution in [0.4, 0.5) is 0 Å². The Labute approximate surface area is 115 Å². The van der Waals surface area contributed by atoms with Gasteiger partial charge >= 0.3 is 0 Å². The summed E-state index contributed by atoms with van der Waals surface area (Å²) in [5, 5.41) is 7.61. The molecule has 1 aliphatic rings. The maximum Gasteiger partial charge on any atom is 0.274 e. The molecule has 2 aromatic rings. The maximum absolute atomic E-state index is 12.0. The lowest BCUT2D eigenvalue weighted by atomic mass is 10.2. The summed E-state index contributed by atoms with van der Waals surface area (Å²) in [7, 11) is 0. The number of aromatic nitrogens is 2. The Morgan fingerprint density at radius 1 is 1.58 bits per heavy atom. The molecule has 1 aliphatic carbocycles. The third-order valence-corrected chi connectivity index (χ3v) is 4.19. The van der Waals surface area contributed by atoms with E-state index >= 15 is 0 Å². The van der Waals surface area contributed by atoms with Crippen LogP contribution in [0.25, 0.3) is 0 Å². The van der Waals surface area contributed by atoms with E-state index in [1.54, 1.807) is 17.4 Å². The molecule has 0 unspecified atom stereocenters. The molecule has 0 aliphatic heterocycles. The average Bonchev–Trinajstić information content (AvgIpc) is 2.94. The van der Waals surface area contributed by atoms with Gasteiger partial charge in [-0.15, -0.1) is 11.3 Å². The average molecular weight is 277 g/mol. The molecule has 3 rings (SSSR count). The van der Waals surface area contributed by atoms with Crippen LogP contribution in [0, 0.1) is 6.92 Å². The largest absolute Gasteiger partial charge is 0.360 e. The summed E-state index contributed by atoms with van der Waals surface area (Å²) < 4.78 is 5.18. The van der Waals surface area contributed by atoms with Gasteiger partial charge < -0.3 is 9.84 Å². The second-order valence-electron chi connectivity index (χ2n) is 4.89. The molecule has 1 atom stereocenters. The second-order valence-corrected chi connectivity index (χ2v) is 6.16. The van der Waals surface area contributed by atoms with Crippen LogP contribution in [0.3, 0.4) is 0 Å². The van der Waals surface area contributed by atoms with Crippen LogP contribution in [0.1, 0.15) is 57.9 Å². The van der Waals surface area contributed by atoms with Gasteiger partial charge in [-0.3, -0.25) is 4.79 Å². The number of nitrogens with one attached hydrogen (secondary N) is 1. The highest BCUT2D eigenvalue weighted by atomic mass is 32.1. The van der Waals surface area contributed by atoms with Gasteiger partial charge in [0.15, 0.2) is 5.69 Å². The monoisotopic (exact) mass is 277 g/mol. The fourth-order valence-corrected chi connectivity index (χ4v) is 2.64.